The molecule has 0 aliphatic rings. The van der Waals surface area contributed by atoms with Crippen LogP contribution < -0.4 is 0 Å². The molecule has 0 unspecified atom stereocenters. The molecule has 0 atom stereocenters. The van der Waals surface area contributed by atoms with Crippen molar-refractivity contribution >= 4 is 0 Å². The molecule has 0 amide bonds. The average molecular weight is 242 g/mol. The monoisotopic (exact) mass is 242 g/mol. The van der Waals surface area contributed by atoms with Crippen LogP contribution in [-0.4, -0.2) is 72.3 Å². The second kappa shape index (κ2) is 29.3. The van der Waals surface area contributed by atoms with Crippen molar-refractivity contribution < 1.29 is 30.3 Å². The van der Waals surface area contributed by atoms with Gasteiger partial charge in [0.2, 0.25) is 0 Å². The highest BCUT2D eigenvalue weighted by atomic mass is 16.5. The van der Waals surface area contributed by atoms with Crippen molar-refractivity contribution in [3.8, 4) is 0 Å². The lowest BCUT2D eigenvalue weighted by atomic mass is 10.3. The number of aliphatic hydroxyl groups excluding tert-OH is 5. The smallest absolute Gasteiger partial charge is 0.0662 e. The van der Waals surface area contributed by atoms with Crippen LogP contribution in [0.15, 0.2) is 0 Å². The summed E-state index contributed by atoms with van der Waals surface area (Å²) < 4.78 is 4.73. The molecule has 0 saturated heterocycles. The Balaban J connectivity index is -0.000000166. The molecule has 0 radical (unpaired) electrons. The minimum atomic E-state index is -0.125. The summed E-state index contributed by atoms with van der Waals surface area (Å²) >= 11 is 0. The maximum atomic E-state index is 8.24. The Kier molecular flexibility index (Phi) is 38.7. The molecule has 6 heteroatoms. The first kappa shape index (κ1) is 21.1. The predicted molar refractivity (Wildman–Crippen MR) is 61.2 cm³/mol. The van der Waals surface area contributed by atoms with Crippen LogP contribution in [0.4, 0.5) is 0 Å². The lowest BCUT2D eigenvalue weighted by Gasteiger charge is -1.92. The molecule has 0 bridgehead atoms. The fourth-order valence-corrected chi connectivity index (χ4v) is 0.429. The molecule has 0 aromatic heterocycles. The Hall–Kier alpha value is -0.240. The Labute approximate surface area is 97.1 Å². The number of hydrogen-bond acceptors (Lipinski definition) is 6. The first-order chi connectivity index (χ1) is 7.74. The average Bonchev–Trinajstić information content (AvgIpc) is 2.32. The van der Waals surface area contributed by atoms with Crippen LogP contribution in [0.3, 0.4) is 0 Å². The molecular formula is C10H26O6. The summed E-state index contributed by atoms with van der Waals surface area (Å²) in [7, 11) is 1.66. The molecule has 102 valence electrons. The molecule has 0 fully saturated rings. The van der Waals surface area contributed by atoms with E-state index in [0.29, 0.717) is 6.42 Å². The molecule has 16 heavy (non-hydrogen) atoms. The molecule has 0 rings (SSSR count). The second-order valence-electron chi connectivity index (χ2n) is 2.67. The van der Waals surface area contributed by atoms with E-state index in [9.17, 15) is 0 Å². The van der Waals surface area contributed by atoms with Gasteiger partial charge >= 0.3 is 0 Å². The van der Waals surface area contributed by atoms with E-state index in [1.165, 1.54) is 0 Å². The Bertz CT molecular complexity index is 73.7. The van der Waals surface area contributed by atoms with E-state index in [1.807, 2.05) is 0 Å². The lowest BCUT2D eigenvalue weighted by Crippen LogP contribution is -1.89. The summed E-state index contributed by atoms with van der Waals surface area (Å²) in [4.78, 5) is 0. The quantitative estimate of drug-likeness (QED) is 0.356. The van der Waals surface area contributed by atoms with Crippen LogP contribution in [0.25, 0.3) is 0 Å². The van der Waals surface area contributed by atoms with Gasteiger partial charge in [0.05, 0.1) is 13.2 Å². The topological polar surface area (TPSA) is 110 Å². The molecule has 0 aromatic rings. The van der Waals surface area contributed by atoms with Gasteiger partial charge in [-0.3, -0.25) is 0 Å². The van der Waals surface area contributed by atoms with Crippen LogP contribution in [-0.2, 0) is 4.74 Å². The summed E-state index contributed by atoms with van der Waals surface area (Å²) in [5.74, 6) is 0. The van der Waals surface area contributed by atoms with E-state index in [2.05, 4.69) is 0 Å². The number of aliphatic hydroxyl groups is 5. The third-order valence-corrected chi connectivity index (χ3v) is 1.17. The van der Waals surface area contributed by atoms with E-state index in [-0.39, 0.29) is 33.0 Å². The van der Waals surface area contributed by atoms with Gasteiger partial charge in [0.1, 0.15) is 0 Å². The van der Waals surface area contributed by atoms with Crippen molar-refractivity contribution in [2.75, 3.05) is 46.8 Å². The standard InChI is InChI=1S/C5H12O2.C3H8O2.C2H6O2/c1-7-5-3-2-4-6;4-2-1-3-5;3-1-2-4/h6H,2-5H2,1H3;4-5H,1-3H2;3-4H,1-2H2. The van der Waals surface area contributed by atoms with Crippen molar-refractivity contribution in [1.82, 2.24) is 0 Å². The third-order valence-electron chi connectivity index (χ3n) is 1.17. The Morgan fingerprint density at radius 1 is 0.625 bits per heavy atom. The number of hydrogen-bond donors (Lipinski definition) is 5. The minimum Gasteiger partial charge on any atom is -0.396 e. The van der Waals surface area contributed by atoms with Crippen molar-refractivity contribution in [2.45, 2.75) is 19.3 Å². The normalized spacial score (nSPS) is 8.62. The number of methoxy groups -OCH3 is 1. The molecule has 0 aliphatic carbocycles. The lowest BCUT2D eigenvalue weighted by molar-refractivity contribution is 0.181. The zero-order valence-electron chi connectivity index (χ0n) is 10.0. The first-order valence-corrected chi connectivity index (χ1v) is 5.28. The van der Waals surface area contributed by atoms with Crippen molar-refractivity contribution in [2.24, 2.45) is 0 Å². The summed E-state index contributed by atoms with van der Waals surface area (Å²) in [6, 6.07) is 0. The molecule has 0 aromatic carbocycles. The van der Waals surface area contributed by atoms with E-state index < -0.39 is 0 Å². The summed E-state index contributed by atoms with van der Waals surface area (Å²) in [5.41, 5.74) is 0. The molecule has 0 spiro atoms. The maximum Gasteiger partial charge on any atom is 0.0662 e. The van der Waals surface area contributed by atoms with Gasteiger partial charge in [-0.05, 0) is 19.3 Å². The highest BCUT2D eigenvalue weighted by molar-refractivity contribution is 4.32. The van der Waals surface area contributed by atoms with Gasteiger partial charge in [-0.1, -0.05) is 0 Å². The van der Waals surface area contributed by atoms with Crippen molar-refractivity contribution in [3.63, 3.8) is 0 Å². The molecule has 0 saturated carbocycles. The van der Waals surface area contributed by atoms with Crippen LogP contribution in [0.5, 0.6) is 0 Å². The van der Waals surface area contributed by atoms with Crippen LogP contribution in [0, 0.1) is 0 Å². The Morgan fingerprint density at radius 3 is 1.25 bits per heavy atom. The zero-order valence-corrected chi connectivity index (χ0v) is 10.0. The van der Waals surface area contributed by atoms with E-state index in [1.54, 1.807) is 7.11 Å². The summed E-state index contributed by atoms with van der Waals surface area (Å²) in [6.45, 7) is 0.983. The molecular weight excluding hydrogens is 216 g/mol. The van der Waals surface area contributed by atoms with Crippen molar-refractivity contribution in [1.29, 1.82) is 0 Å². The van der Waals surface area contributed by atoms with Gasteiger partial charge in [0, 0.05) is 33.5 Å². The van der Waals surface area contributed by atoms with E-state index in [0.717, 1.165) is 19.4 Å². The third kappa shape index (κ3) is 49.0. The maximum absolute atomic E-state index is 8.24. The molecule has 5 N–H and O–H groups in total. The summed E-state index contributed by atoms with van der Waals surface area (Å²) in [6.07, 6.45) is 2.32. The van der Waals surface area contributed by atoms with E-state index in [4.69, 9.17) is 30.3 Å². The fourth-order valence-electron chi connectivity index (χ4n) is 0.429. The van der Waals surface area contributed by atoms with E-state index >= 15 is 0 Å². The van der Waals surface area contributed by atoms with Gasteiger partial charge in [-0.25, -0.2) is 0 Å². The SMILES string of the molecule is COCCCCO.OCCCO.OCCO. The molecule has 0 aliphatic heterocycles. The van der Waals surface area contributed by atoms with Crippen LogP contribution >= 0.6 is 0 Å². The van der Waals surface area contributed by atoms with Crippen molar-refractivity contribution in [3.05, 3.63) is 0 Å². The van der Waals surface area contributed by atoms with Gasteiger partial charge in [-0.2, -0.15) is 0 Å². The van der Waals surface area contributed by atoms with Crippen LogP contribution in [0.2, 0.25) is 0 Å². The predicted octanol–water partition coefficient (Wildman–Crippen LogP) is -1.26. The highest BCUT2D eigenvalue weighted by Crippen LogP contribution is 1.84. The summed E-state index contributed by atoms with van der Waals surface area (Å²) in [5, 5.41) is 39.3. The van der Waals surface area contributed by atoms with Gasteiger partial charge < -0.3 is 30.3 Å². The molecule has 6 nitrogen and oxygen atoms in total. The van der Waals surface area contributed by atoms with Gasteiger partial charge in [0.25, 0.3) is 0 Å². The largest absolute Gasteiger partial charge is 0.396 e. The van der Waals surface area contributed by atoms with Crippen LogP contribution in [0.1, 0.15) is 19.3 Å². The Morgan fingerprint density at radius 2 is 1.06 bits per heavy atom. The second-order valence-corrected chi connectivity index (χ2v) is 2.67. The van der Waals surface area contributed by atoms with Gasteiger partial charge in [0.15, 0.2) is 0 Å². The number of rotatable bonds is 7. The minimum absolute atomic E-state index is 0.0938. The zero-order chi connectivity index (χ0) is 13.1. The molecule has 0 heterocycles. The number of unbranched alkanes of at least 4 members (excludes halogenated alkanes) is 1. The highest BCUT2D eigenvalue weighted by Gasteiger charge is 1.80. The first-order valence-electron chi connectivity index (χ1n) is 5.28. The fraction of sp³-hybridized carbons (Fsp3) is 1.00. The number of ether oxygens (including phenoxy) is 1. The van der Waals surface area contributed by atoms with Gasteiger partial charge in [-0.15, -0.1) is 0 Å².